The van der Waals surface area contributed by atoms with Crippen LogP contribution >= 0.6 is 0 Å². The molecule has 3 aromatic carbocycles. The first-order chi connectivity index (χ1) is 16.5. The van der Waals surface area contributed by atoms with E-state index in [1.807, 2.05) is 48.5 Å². The van der Waals surface area contributed by atoms with Gasteiger partial charge >= 0.3 is 0 Å². The van der Waals surface area contributed by atoms with Crippen LogP contribution in [0.5, 0.6) is 5.75 Å². The van der Waals surface area contributed by atoms with E-state index in [1.54, 1.807) is 6.07 Å². The zero-order valence-electron chi connectivity index (χ0n) is 19.4. The molecule has 0 spiro atoms. The Morgan fingerprint density at radius 3 is 2.53 bits per heavy atom. The van der Waals surface area contributed by atoms with Crippen LogP contribution in [-0.2, 0) is 14.6 Å². The molecule has 1 N–H and O–H groups in total. The lowest BCUT2D eigenvalue weighted by Crippen LogP contribution is -2.19. The maximum Gasteiger partial charge on any atom is 0.163 e. The predicted octanol–water partition coefficient (Wildman–Crippen LogP) is 6.16. The first-order valence-electron chi connectivity index (χ1n) is 12.0. The van der Waals surface area contributed by atoms with Crippen LogP contribution in [0, 0.1) is 0 Å². The number of phenols is 1. The summed E-state index contributed by atoms with van der Waals surface area (Å²) in [4.78, 5) is 0. The fraction of sp³-hybridized carbons (Fsp3) is 0.310. The van der Waals surface area contributed by atoms with Crippen molar-refractivity contribution >= 4 is 32.3 Å². The molecule has 1 fully saturated rings. The van der Waals surface area contributed by atoms with Gasteiger partial charge in [-0.15, -0.1) is 0 Å². The van der Waals surface area contributed by atoms with Crippen molar-refractivity contribution in [2.45, 2.75) is 44.0 Å². The van der Waals surface area contributed by atoms with Crippen LogP contribution < -0.4 is 0 Å². The number of hydrogen-bond donors (Lipinski definition) is 1. The second-order valence-corrected chi connectivity index (χ2v) is 11.4. The Labute approximate surface area is 201 Å². The van der Waals surface area contributed by atoms with Gasteiger partial charge in [-0.05, 0) is 53.0 Å². The van der Waals surface area contributed by atoms with Crippen molar-refractivity contribution in [2.75, 3.05) is 12.4 Å². The number of ether oxygens (including phenoxy) is 1. The van der Waals surface area contributed by atoms with Gasteiger partial charge in [0.25, 0.3) is 0 Å². The summed E-state index contributed by atoms with van der Waals surface area (Å²) < 4.78 is 31.4. The molecule has 4 nitrogen and oxygen atoms in total. The summed E-state index contributed by atoms with van der Waals surface area (Å²) in [7, 11) is -3.13. The van der Waals surface area contributed by atoms with Gasteiger partial charge in [0, 0.05) is 5.39 Å². The zero-order chi connectivity index (χ0) is 23.7. The van der Waals surface area contributed by atoms with Crippen molar-refractivity contribution in [1.29, 1.82) is 0 Å². The van der Waals surface area contributed by atoms with E-state index in [0.717, 1.165) is 58.7 Å². The Morgan fingerprint density at radius 2 is 1.76 bits per heavy atom. The first kappa shape index (κ1) is 22.9. The van der Waals surface area contributed by atoms with Crippen LogP contribution in [0.4, 0.5) is 0 Å². The van der Waals surface area contributed by atoms with E-state index < -0.39 is 15.1 Å². The van der Waals surface area contributed by atoms with Crippen molar-refractivity contribution in [1.82, 2.24) is 0 Å². The van der Waals surface area contributed by atoms with Gasteiger partial charge < -0.3 is 9.84 Å². The molecule has 0 aromatic heterocycles. The topological polar surface area (TPSA) is 63.6 Å². The van der Waals surface area contributed by atoms with Crippen LogP contribution in [-0.4, -0.2) is 37.2 Å². The van der Waals surface area contributed by atoms with Gasteiger partial charge in [-0.3, -0.25) is 0 Å². The molecule has 0 aliphatic carbocycles. The molecular weight excluding hydrogens is 444 g/mol. The number of sulfone groups is 1. The summed E-state index contributed by atoms with van der Waals surface area (Å²) in [5.41, 5.74) is 5.46. The molecule has 2 heterocycles. The van der Waals surface area contributed by atoms with Crippen LogP contribution in [0.15, 0.2) is 77.9 Å². The van der Waals surface area contributed by atoms with Crippen molar-refractivity contribution in [3.05, 3.63) is 89.0 Å². The molecule has 5 heteroatoms. The normalized spacial score (nSPS) is 21.9. The Bertz CT molecular complexity index is 1370. The second kappa shape index (κ2) is 9.40. The average molecular weight is 475 g/mol. The van der Waals surface area contributed by atoms with Crippen LogP contribution in [0.1, 0.15) is 43.7 Å². The predicted molar refractivity (Wildman–Crippen MR) is 138 cm³/mol. The fourth-order valence-electron chi connectivity index (χ4n) is 5.39. The largest absolute Gasteiger partial charge is 0.507 e. The summed E-state index contributed by atoms with van der Waals surface area (Å²) in [6.45, 7) is 2.37. The van der Waals surface area contributed by atoms with Crippen LogP contribution in [0.3, 0.4) is 0 Å². The molecule has 5 rings (SSSR count). The van der Waals surface area contributed by atoms with E-state index in [-0.39, 0.29) is 24.2 Å². The Kier molecular flexibility index (Phi) is 6.32. The fourth-order valence-corrected chi connectivity index (χ4v) is 7.37. The number of phenolic OH excluding ortho intramolecular Hbond substituents is 1. The average Bonchev–Trinajstić information content (AvgIpc) is 3.38. The minimum absolute atomic E-state index is 0.146. The summed E-state index contributed by atoms with van der Waals surface area (Å²) in [5.74, 6) is 0.471. The van der Waals surface area contributed by atoms with E-state index in [2.05, 4.69) is 25.1 Å². The third-order valence-corrected chi connectivity index (χ3v) is 9.00. The Hall–Kier alpha value is -2.89. The van der Waals surface area contributed by atoms with Crippen molar-refractivity contribution < 1.29 is 18.3 Å². The smallest absolute Gasteiger partial charge is 0.163 e. The minimum Gasteiger partial charge on any atom is -0.507 e. The van der Waals surface area contributed by atoms with Crippen molar-refractivity contribution in [3.63, 3.8) is 0 Å². The van der Waals surface area contributed by atoms with E-state index in [0.29, 0.717) is 0 Å². The molecular formula is C29H30O4S. The molecule has 0 unspecified atom stereocenters. The van der Waals surface area contributed by atoms with E-state index in [4.69, 9.17) is 4.74 Å². The molecule has 0 saturated carbocycles. The number of aromatic hydroxyl groups is 1. The highest BCUT2D eigenvalue weighted by atomic mass is 32.2. The second-order valence-electron chi connectivity index (χ2n) is 9.22. The SMILES string of the molecule is CCCC1=C2[C@@H](CC/C(=C/c3ccc(O)c4ccccc34)c3ccccc3)OC[C@@H]2S(=O)(=O)C1. The molecule has 176 valence electrons. The summed E-state index contributed by atoms with van der Waals surface area (Å²) in [6.07, 6.45) is 5.32. The lowest BCUT2D eigenvalue weighted by molar-refractivity contribution is 0.118. The van der Waals surface area contributed by atoms with Gasteiger partial charge in [0.05, 0.1) is 18.5 Å². The maximum absolute atomic E-state index is 12.7. The van der Waals surface area contributed by atoms with Gasteiger partial charge in [0.15, 0.2) is 9.84 Å². The summed E-state index contributed by atoms with van der Waals surface area (Å²) >= 11 is 0. The summed E-state index contributed by atoms with van der Waals surface area (Å²) in [6, 6.07) is 21.8. The van der Waals surface area contributed by atoms with Gasteiger partial charge in [0.2, 0.25) is 0 Å². The monoisotopic (exact) mass is 474 g/mol. The lowest BCUT2D eigenvalue weighted by atomic mass is 9.92. The molecule has 2 aliphatic heterocycles. The van der Waals surface area contributed by atoms with Crippen LogP contribution in [0.25, 0.3) is 22.4 Å². The number of allylic oxidation sites excluding steroid dienone is 1. The quantitative estimate of drug-likeness (QED) is 0.329. The van der Waals surface area contributed by atoms with Crippen LogP contribution in [0.2, 0.25) is 0 Å². The summed E-state index contributed by atoms with van der Waals surface area (Å²) in [5, 5.41) is 11.7. The third-order valence-electron chi connectivity index (χ3n) is 7.00. The van der Waals surface area contributed by atoms with Crippen molar-refractivity contribution in [3.8, 4) is 5.75 Å². The van der Waals surface area contributed by atoms with E-state index in [9.17, 15) is 13.5 Å². The van der Waals surface area contributed by atoms with E-state index in [1.165, 1.54) is 5.57 Å². The molecule has 1 saturated heterocycles. The molecule has 2 aliphatic rings. The Balaban J connectivity index is 1.49. The molecule has 3 aromatic rings. The van der Waals surface area contributed by atoms with Gasteiger partial charge in [-0.2, -0.15) is 0 Å². The zero-order valence-corrected chi connectivity index (χ0v) is 20.2. The van der Waals surface area contributed by atoms with E-state index >= 15 is 0 Å². The van der Waals surface area contributed by atoms with Gasteiger partial charge in [0.1, 0.15) is 11.0 Å². The molecule has 0 bridgehead atoms. The highest BCUT2D eigenvalue weighted by molar-refractivity contribution is 7.92. The lowest BCUT2D eigenvalue weighted by Gasteiger charge is -2.16. The number of benzene rings is 3. The number of fused-ring (bicyclic) bond motifs is 2. The van der Waals surface area contributed by atoms with Crippen molar-refractivity contribution in [2.24, 2.45) is 0 Å². The maximum atomic E-state index is 12.7. The molecule has 34 heavy (non-hydrogen) atoms. The highest BCUT2D eigenvalue weighted by Crippen LogP contribution is 2.41. The standard InChI is InChI=1S/C29H30O4S/c1-2-8-23-19-34(31,32)28-18-33-27(29(23)28)16-14-21(20-9-4-3-5-10-20)17-22-13-15-26(30)25-12-7-6-11-24(22)25/h3-7,9-13,15,17,27-28,30H,2,8,14,16,18-19H2,1H3/b21-17-/t27-,28+/m1/s1. The molecule has 2 atom stereocenters. The first-order valence-corrected chi connectivity index (χ1v) is 13.7. The number of hydrogen-bond acceptors (Lipinski definition) is 4. The molecule has 0 radical (unpaired) electrons. The Morgan fingerprint density at radius 1 is 1.03 bits per heavy atom. The highest BCUT2D eigenvalue weighted by Gasteiger charge is 2.46. The van der Waals surface area contributed by atoms with Gasteiger partial charge in [-0.25, -0.2) is 8.42 Å². The van der Waals surface area contributed by atoms with Gasteiger partial charge in [-0.1, -0.05) is 85.7 Å². The third kappa shape index (κ3) is 4.30. The molecule has 0 amide bonds. The minimum atomic E-state index is -3.13. The number of rotatable bonds is 7.